The number of piperidine rings is 2. The van der Waals surface area contributed by atoms with Crippen molar-refractivity contribution in [1.82, 2.24) is 30.3 Å². The van der Waals surface area contributed by atoms with Gasteiger partial charge in [0.25, 0.3) is 11.5 Å². The molecule has 2 saturated heterocycles. The Morgan fingerprint density at radius 1 is 1.08 bits per heavy atom. The standard InChI is InChI=1S/C34H37F2N7O6/c1-42-17-24(22-15-38-41-31(22)33(42)47)20-12-27(48-2)23(28(13-20)49-3)14-37-16-30(45)43-11-10-25(34(35,36)18-43)19-4-6-21(7-5-19)39-26-8-9-29(44)40-32(26)46/h4-7,12-13,15,17,25-26,37,39H,8-11,14,16,18H2,1-3H3,(H,38,41)(H,40,44,46). The maximum atomic E-state index is 15.4. The smallest absolute Gasteiger partial charge is 0.276 e. The highest BCUT2D eigenvalue weighted by atomic mass is 19.3. The molecule has 0 spiro atoms. The van der Waals surface area contributed by atoms with Gasteiger partial charge in [-0.15, -0.1) is 0 Å². The van der Waals surface area contributed by atoms with Crippen LogP contribution in [-0.2, 0) is 28.0 Å². The highest BCUT2D eigenvalue weighted by Gasteiger charge is 2.46. The van der Waals surface area contributed by atoms with Gasteiger partial charge >= 0.3 is 0 Å². The van der Waals surface area contributed by atoms with Crippen LogP contribution in [0.25, 0.3) is 22.0 Å². The zero-order valence-electron chi connectivity index (χ0n) is 27.3. The molecule has 4 aromatic rings. The van der Waals surface area contributed by atoms with E-state index in [0.717, 1.165) is 11.1 Å². The molecule has 0 aliphatic carbocycles. The molecular formula is C34H37F2N7O6. The Labute approximate surface area is 279 Å². The molecule has 0 saturated carbocycles. The van der Waals surface area contributed by atoms with Crippen molar-refractivity contribution >= 4 is 34.3 Å². The molecule has 2 aliphatic rings. The van der Waals surface area contributed by atoms with Gasteiger partial charge in [0.05, 0.1) is 39.4 Å². The normalized spacial score (nSPS) is 19.1. The number of pyridine rings is 1. The summed E-state index contributed by atoms with van der Waals surface area (Å²) in [6.45, 7) is -0.552. The first-order chi connectivity index (χ1) is 23.5. The average molecular weight is 678 g/mol. The Morgan fingerprint density at radius 2 is 1.80 bits per heavy atom. The van der Waals surface area contributed by atoms with E-state index in [9.17, 15) is 19.2 Å². The second kappa shape index (κ2) is 13.7. The van der Waals surface area contributed by atoms with Gasteiger partial charge in [-0.25, -0.2) is 8.78 Å². The van der Waals surface area contributed by atoms with E-state index in [4.69, 9.17) is 9.47 Å². The van der Waals surface area contributed by atoms with Gasteiger partial charge in [-0.05, 0) is 48.2 Å². The fourth-order valence-electron chi connectivity index (χ4n) is 6.51. The molecule has 49 heavy (non-hydrogen) atoms. The van der Waals surface area contributed by atoms with Crippen molar-refractivity contribution in [2.24, 2.45) is 7.05 Å². The number of nitrogens with zero attached hydrogens (tertiary/aromatic N) is 3. The zero-order valence-corrected chi connectivity index (χ0v) is 27.3. The quantitative estimate of drug-likeness (QED) is 0.185. The fourth-order valence-corrected chi connectivity index (χ4v) is 6.51. The molecule has 6 rings (SSSR count). The molecule has 15 heteroatoms. The van der Waals surface area contributed by atoms with Crippen molar-refractivity contribution < 1.29 is 32.6 Å². The molecule has 4 heterocycles. The molecule has 258 valence electrons. The third kappa shape index (κ3) is 6.84. The number of halogens is 2. The zero-order chi connectivity index (χ0) is 34.9. The third-order valence-electron chi connectivity index (χ3n) is 9.13. The lowest BCUT2D eigenvalue weighted by Gasteiger charge is -2.38. The van der Waals surface area contributed by atoms with Crippen molar-refractivity contribution in [1.29, 1.82) is 0 Å². The summed E-state index contributed by atoms with van der Waals surface area (Å²) < 4.78 is 43.7. The van der Waals surface area contributed by atoms with Crippen LogP contribution in [0.15, 0.2) is 53.6 Å². The number of carbonyl (C=O) groups excluding carboxylic acids is 3. The highest BCUT2D eigenvalue weighted by Crippen LogP contribution is 2.41. The molecule has 2 atom stereocenters. The summed E-state index contributed by atoms with van der Waals surface area (Å²) in [5.74, 6) is -4.46. The van der Waals surface area contributed by atoms with Gasteiger partial charge in [0.15, 0.2) is 0 Å². The van der Waals surface area contributed by atoms with Crippen LogP contribution < -0.4 is 31.0 Å². The van der Waals surface area contributed by atoms with Crippen LogP contribution in [0.1, 0.15) is 36.3 Å². The SMILES string of the molecule is COc1cc(-c2cn(C)c(=O)c3[nH]ncc23)cc(OC)c1CNCC(=O)N1CCC(c2ccc(NC3CCC(=O)NC3=O)cc2)C(F)(F)C1. The Hall–Kier alpha value is -5.31. The molecule has 0 bridgehead atoms. The van der Waals surface area contributed by atoms with Crippen LogP contribution in [0.3, 0.4) is 0 Å². The molecule has 2 unspecified atom stereocenters. The van der Waals surface area contributed by atoms with Crippen LogP contribution in [0.4, 0.5) is 14.5 Å². The summed E-state index contributed by atoms with van der Waals surface area (Å²) >= 11 is 0. The molecule has 0 radical (unpaired) electrons. The molecule has 3 amide bonds. The van der Waals surface area contributed by atoms with Gasteiger partial charge in [-0.2, -0.15) is 5.10 Å². The highest BCUT2D eigenvalue weighted by molar-refractivity contribution is 6.01. The number of aryl methyl sites for hydroxylation is 1. The first kappa shape index (κ1) is 33.6. The summed E-state index contributed by atoms with van der Waals surface area (Å²) in [5.41, 5.74) is 3.28. The Balaban J connectivity index is 1.08. The van der Waals surface area contributed by atoms with Crippen LogP contribution in [0, 0.1) is 0 Å². The summed E-state index contributed by atoms with van der Waals surface area (Å²) in [5, 5.41) is 15.8. The van der Waals surface area contributed by atoms with Crippen molar-refractivity contribution in [2.45, 2.75) is 43.7 Å². The lowest BCUT2D eigenvalue weighted by atomic mass is 9.86. The van der Waals surface area contributed by atoms with E-state index in [0.29, 0.717) is 45.6 Å². The van der Waals surface area contributed by atoms with Crippen LogP contribution in [0.5, 0.6) is 11.5 Å². The number of aromatic amines is 1. The van der Waals surface area contributed by atoms with E-state index in [1.54, 1.807) is 55.8 Å². The largest absolute Gasteiger partial charge is 0.496 e. The second-order valence-electron chi connectivity index (χ2n) is 12.3. The van der Waals surface area contributed by atoms with Crippen LogP contribution in [0.2, 0.25) is 0 Å². The summed E-state index contributed by atoms with van der Waals surface area (Å²) in [4.78, 5) is 50.2. The molecule has 2 aromatic carbocycles. The van der Waals surface area contributed by atoms with Crippen molar-refractivity contribution in [3.05, 3.63) is 70.3 Å². The summed E-state index contributed by atoms with van der Waals surface area (Å²) in [7, 11) is 4.67. The van der Waals surface area contributed by atoms with Gasteiger partial charge in [-0.1, -0.05) is 12.1 Å². The topological polar surface area (TPSA) is 160 Å². The van der Waals surface area contributed by atoms with Gasteiger partial charge in [0.1, 0.15) is 23.1 Å². The number of fused-ring (bicyclic) bond motifs is 1. The monoisotopic (exact) mass is 677 g/mol. The van der Waals surface area contributed by atoms with Gasteiger partial charge in [0.2, 0.25) is 17.7 Å². The van der Waals surface area contributed by atoms with Crippen molar-refractivity contribution in [3.63, 3.8) is 0 Å². The Bertz CT molecular complexity index is 1930. The van der Waals surface area contributed by atoms with E-state index in [1.165, 1.54) is 23.7 Å². The van der Waals surface area contributed by atoms with Gasteiger partial charge < -0.3 is 29.6 Å². The maximum Gasteiger partial charge on any atom is 0.276 e. The summed E-state index contributed by atoms with van der Waals surface area (Å²) in [6, 6.07) is 9.53. The Kier molecular flexibility index (Phi) is 9.37. The first-order valence-electron chi connectivity index (χ1n) is 15.8. The van der Waals surface area contributed by atoms with Gasteiger partial charge in [-0.3, -0.25) is 29.6 Å². The van der Waals surface area contributed by atoms with E-state index < -0.39 is 36.2 Å². The second-order valence-corrected chi connectivity index (χ2v) is 12.3. The van der Waals surface area contributed by atoms with Crippen LogP contribution in [-0.4, -0.2) is 83.2 Å². The minimum Gasteiger partial charge on any atom is -0.496 e. The number of carbonyl (C=O) groups is 3. The lowest BCUT2D eigenvalue weighted by molar-refractivity contribution is -0.143. The maximum absolute atomic E-state index is 15.4. The van der Waals surface area contributed by atoms with E-state index in [2.05, 4.69) is 26.1 Å². The number of aromatic nitrogens is 3. The number of nitrogens with one attached hydrogen (secondary N) is 4. The fraction of sp³-hybridized carbons (Fsp3) is 0.382. The van der Waals surface area contributed by atoms with E-state index in [-0.39, 0.29) is 43.9 Å². The van der Waals surface area contributed by atoms with E-state index in [1.807, 2.05) is 0 Å². The molecule has 13 nitrogen and oxygen atoms in total. The molecule has 2 aromatic heterocycles. The molecular weight excluding hydrogens is 640 g/mol. The number of hydrogen-bond donors (Lipinski definition) is 4. The third-order valence-corrected chi connectivity index (χ3v) is 9.13. The van der Waals surface area contributed by atoms with Crippen LogP contribution >= 0.6 is 0 Å². The molecule has 2 aliphatic heterocycles. The number of ether oxygens (including phenoxy) is 2. The lowest BCUT2D eigenvalue weighted by Crippen LogP contribution is -2.51. The number of imide groups is 1. The average Bonchev–Trinajstić information content (AvgIpc) is 3.58. The minimum atomic E-state index is -3.16. The molecule has 2 fully saturated rings. The number of methoxy groups -OCH3 is 2. The predicted octanol–water partition coefficient (Wildman–Crippen LogP) is 2.90. The number of H-pyrrole nitrogens is 1. The summed E-state index contributed by atoms with van der Waals surface area (Å²) in [6.07, 6.45) is 3.95. The minimum absolute atomic E-state index is 0.0801. The number of hydrogen-bond acceptors (Lipinski definition) is 9. The predicted molar refractivity (Wildman–Crippen MR) is 177 cm³/mol. The number of alkyl halides is 2. The molecule has 4 N–H and O–H groups in total. The van der Waals surface area contributed by atoms with Gasteiger partial charge in [0, 0.05) is 55.0 Å². The van der Waals surface area contributed by atoms with Crippen molar-refractivity contribution in [2.75, 3.05) is 39.2 Å². The number of rotatable bonds is 10. The van der Waals surface area contributed by atoms with E-state index >= 15 is 8.78 Å². The number of amides is 3. The Morgan fingerprint density at radius 3 is 2.45 bits per heavy atom. The number of likely N-dealkylation sites (tertiary alicyclic amines) is 1. The number of benzene rings is 2. The first-order valence-corrected chi connectivity index (χ1v) is 15.8. The van der Waals surface area contributed by atoms with Crippen molar-refractivity contribution in [3.8, 4) is 22.6 Å². The number of anilines is 1.